The maximum absolute atomic E-state index is 12.7. The second kappa shape index (κ2) is 8.14. The summed E-state index contributed by atoms with van der Waals surface area (Å²) in [4.78, 5) is 31.3. The molecule has 146 valence electrons. The van der Waals surface area contributed by atoms with Crippen molar-refractivity contribution in [3.8, 4) is 9.88 Å². The van der Waals surface area contributed by atoms with E-state index in [1.54, 1.807) is 11.3 Å². The first-order valence-electron chi connectivity index (χ1n) is 9.03. The number of aryl methyl sites for hydroxylation is 2. The van der Waals surface area contributed by atoms with Gasteiger partial charge in [-0.1, -0.05) is 11.6 Å². The number of hydrogen-bond donors (Lipinski definition) is 0. The summed E-state index contributed by atoms with van der Waals surface area (Å²) in [5.41, 5.74) is 1.78. The third-order valence-corrected chi connectivity index (χ3v) is 6.87. The molecule has 0 atom stereocenters. The molecule has 0 unspecified atom stereocenters. The van der Waals surface area contributed by atoms with Crippen LogP contribution in [-0.4, -0.2) is 51.9 Å². The van der Waals surface area contributed by atoms with Crippen LogP contribution in [-0.2, 0) is 11.2 Å². The molecular weight excluding hydrogens is 414 g/mol. The number of carbonyl (C=O) groups is 1. The highest BCUT2D eigenvalue weighted by atomic mass is 35.5. The van der Waals surface area contributed by atoms with E-state index in [9.17, 15) is 4.79 Å². The lowest BCUT2D eigenvalue weighted by atomic mass is 10.2. The lowest BCUT2D eigenvalue weighted by Crippen LogP contribution is -2.49. The van der Waals surface area contributed by atoms with Gasteiger partial charge in [0.15, 0.2) is 0 Å². The Hall–Kier alpha value is -2.03. The van der Waals surface area contributed by atoms with E-state index in [-0.39, 0.29) is 5.91 Å². The molecule has 1 saturated heterocycles. The van der Waals surface area contributed by atoms with Gasteiger partial charge in [-0.15, -0.1) is 22.7 Å². The van der Waals surface area contributed by atoms with Crippen molar-refractivity contribution < 1.29 is 4.79 Å². The molecule has 1 fully saturated rings. The first-order valence-corrected chi connectivity index (χ1v) is 11.1. The van der Waals surface area contributed by atoms with E-state index in [0.29, 0.717) is 19.5 Å². The van der Waals surface area contributed by atoms with Gasteiger partial charge in [-0.05, 0) is 26.0 Å². The molecule has 3 aromatic rings. The first-order chi connectivity index (χ1) is 13.5. The molecule has 0 saturated carbocycles. The van der Waals surface area contributed by atoms with Crippen molar-refractivity contribution in [3.05, 3.63) is 45.1 Å². The predicted molar refractivity (Wildman–Crippen MR) is 114 cm³/mol. The highest BCUT2D eigenvalue weighted by Crippen LogP contribution is 2.33. The van der Waals surface area contributed by atoms with Crippen LogP contribution < -0.4 is 4.90 Å². The summed E-state index contributed by atoms with van der Waals surface area (Å²) in [6.07, 6.45) is 0.335. The number of piperazine rings is 1. The lowest BCUT2D eigenvalue weighted by molar-refractivity contribution is -0.130. The number of amides is 1. The molecule has 0 bridgehead atoms. The molecule has 6 nitrogen and oxygen atoms in total. The van der Waals surface area contributed by atoms with Crippen LogP contribution >= 0.6 is 34.3 Å². The number of carbonyl (C=O) groups excluding carboxylic acids is 1. The summed E-state index contributed by atoms with van der Waals surface area (Å²) >= 11 is 9.05. The fourth-order valence-corrected chi connectivity index (χ4v) is 5.18. The average Bonchev–Trinajstić information content (AvgIpc) is 3.30. The highest BCUT2D eigenvalue weighted by molar-refractivity contribution is 7.23. The zero-order valence-electron chi connectivity index (χ0n) is 15.7. The van der Waals surface area contributed by atoms with Gasteiger partial charge in [0, 0.05) is 43.3 Å². The minimum atomic E-state index is 0.121. The van der Waals surface area contributed by atoms with Gasteiger partial charge < -0.3 is 9.80 Å². The molecule has 28 heavy (non-hydrogen) atoms. The summed E-state index contributed by atoms with van der Waals surface area (Å²) in [5.74, 6) is 1.84. The Kier molecular flexibility index (Phi) is 5.61. The molecular formula is C19H20ClN5OS2. The van der Waals surface area contributed by atoms with E-state index >= 15 is 0 Å². The summed E-state index contributed by atoms with van der Waals surface area (Å²) in [7, 11) is 0. The average molecular weight is 434 g/mol. The second-order valence-corrected chi connectivity index (χ2v) is 9.28. The van der Waals surface area contributed by atoms with Gasteiger partial charge in [-0.25, -0.2) is 15.0 Å². The number of rotatable bonds is 4. The van der Waals surface area contributed by atoms with Crippen LogP contribution in [0.4, 0.5) is 5.82 Å². The highest BCUT2D eigenvalue weighted by Gasteiger charge is 2.23. The molecule has 3 aromatic heterocycles. The van der Waals surface area contributed by atoms with Gasteiger partial charge in [-0.3, -0.25) is 4.79 Å². The number of halogens is 1. The van der Waals surface area contributed by atoms with E-state index < -0.39 is 0 Å². The van der Waals surface area contributed by atoms with Gasteiger partial charge in [0.2, 0.25) is 5.91 Å². The van der Waals surface area contributed by atoms with E-state index in [4.69, 9.17) is 11.6 Å². The second-order valence-electron chi connectivity index (χ2n) is 6.71. The van der Waals surface area contributed by atoms with Crippen LogP contribution in [0.2, 0.25) is 4.34 Å². The Labute approximate surface area is 176 Å². The maximum Gasteiger partial charge on any atom is 0.228 e. The van der Waals surface area contributed by atoms with Crippen LogP contribution in [0.25, 0.3) is 9.88 Å². The Morgan fingerprint density at radius 2 is 1.93 bits per heavy atom. The first kappa shape index (κ1) is 19.3. The summed E-state index contributed by atoms with van der Waals surface area (Å²) in [5, 5.41) is 2.88. The largest absolute Gasteiger partial charge is 0.353 e. The quantitative estimate of drug-likeness (QED) is 0.625. The number of nitrogens with zero attached hydrogens (tertiary/aromatic N) is 5. The third kappa shape index (κ3) is 4.34. The zero-order chi connectivity index (χ0) is 19.7. The van der Waals surface area contributed by atoms with Gasteiger partial charge in [0.05, 0.1) is 21.3 Å². The molecule has 0 radical (unpaired) electrons. The fraction of sp³-hybridized carbons (Fsp3) is 0.368. The molecule has 0 aromatic carbocycles. The Bertz CT molecular complexity index is 974. The van der Waals surface area contributed by atoms with Gasteiger partial charge >= 0.3 is 0 Å². The van der Waals surface area contributed by atoms with E-state index in [1.807, 2.05) is 42.3 Å². The number of aromatic nitrogens is 3. The summed E-state index contributed by atoms with van der Waals surface area (Å²) in [6, 6.07) is 5.83. The van der Waals surface area contributed by atoms with Crippen LogP contribution in [0.1, 0.15) is 17.2 Å². The van der Waals surface area contributed by atoms with Crippen LogP contribution in [0, 0.1) is 13.8 Å². The normalized spacial score (nSPS) is 14.5. The van der Waals surface area contributed by atoms with Crippen molar-refractivity contribution in [2.45, 2.75) is 20.3 Å². The number of thiazole rings is 1. The number of anilines is 1. The van der Waals surface area contributed by atoms with Crippen molar-refractivity contribution in [3.63, 3.8) is 0 Å². The van der Waals surface area contributed by atoms with E-state index in [0.717, 1.165) is 50.3 Å². The molecule has 1 amide bonds. The lowest BCUT2D eigenvalue weighted by Gasteiger charge is -2.35. The minimum absolute atomic E-state index is 0.121. The third-order valence-electron chi connectivity index (χ3n) is 4.58. The van der Waals surface area contributed by atoms with Crippen molar-refractivity contribution in [2.75, 3.05) is 31.1 Å². The predicted octanol–water partition coefficient (Wildman–Crippen LogP) is 3.82. The number of thiophene rings is 1. The van der Waals surface area contributed by atoms with Gasteiger partial charge in [-0.2, -0.15) is 0 Å². The number of hydrogen-bond acceptors (Lipinski definition) is 7. The topological polar surface area (TPSA) is 62.2 Å². The Morgan fingerprint density at radius 1 is 1.14 bits per heavy atom. The SMILES string of the molecule is Cc1cc(N2CCN(C(=O)Cc3csc(-c4ccc(Cl)s4)n3)CC2)nc(C)n1. The molecule has 1 aliphatic heterocycles. The van der Waals surface area contributed by atoms with Crippen LogP contribution in [0.5, 0.6) is 0 Å². The Balaban J connectivity index is 1.35. The smallest absolute Gasteiger partial charge is 0.228 e. The molecule has 0 N–H and O–H groups in total. The molecule has 0 aliphatic carbocycles. The van der Waals surface area contributed by atoms with Crippen molar-refractivity contribution in [1.82, 2.24) is 19.9 Å². The molecule has 0 spiro atoms. The van der Waals surface area contributed by atoms with E-state index in [2.05, 4.69) is 19.9 Å². The summed E-state index contributed by atoms with van der Waals surface area (Å²) in [6.45, 7) is 6.82. The van der Waals surface area contributed by atoms with Gasteiger partial charge in [0.25, 0.3) is 0 Å². The Morgan fingerprint density at radius 3 is 2.61 bits per heavy atom. The fourth-order valence-electron chi connectivity index (χ4n) is 3.24. The van der Waals surface area contributed by atoms with Crippen molar-refractivity contribution in [1.29, 1.82) is 0 Å². The van der Waals surface area contributed by atoms with Gasteiger partial charge in [0.1, 0.15) is 16.6 Å². The van der Waals surface area contributed by atoms with Crippen molar-refractivity contribution in [2.24, 2.45) is 0 Å². The van der Waals surface area contributed by atoms with Crippen LogP contribution in [0.15, 0.2) is 23.6 Å². The zero-order valence-corrected chi connectivity index (χ0v) is 18.1. The van der Waals surface area contributed by atoms with E-state index in [1.165, 1.54) is 11.3 Å². The summed E-state index contributed by atoms with van der Waals surface area (Å²) < 4.78 is 0.745. The maximum atomic E-state index is 12.7. The van der Waals surface area contributed by atoms with Crippen molar-refractivity contribution >= 4 is 46.0 Å². The minimum Gasteiger partial charge on any atom is -0.353 e. The van der Waals surface area contributed by atoms with Crippen LogP contribution in [0.3, 0.4) is 0 Å². The standard InChI is InChI=1S/C19H20ClN5OS2/c1-12-9-17(22-13(2)21-12)24-5-7-25(8-6-24)18(26)10-14-11-27-19(23-14)15-3-4-16(20)28-15/h3-4,9,11H,5-8,10H2,1-2H3. The molecule has 1 aliphatic rings. The molecule has 9 heteroatoms. The molecule has 4 rings (SSSR count). The molecule has 4 heterocycles. The monoisotopic (exact) mass is 433 g/mol.